The zero-order valence-electron chi connectivity index (χ0n) is 4.75. The van der Waals surface area contributed by atoms with Crippen LogP contribution in [0.1, 0.15) is 6.92 Å². The van der Waals surface area contributed by atoms with Crippen LogP contribution in [-0.2, 0) is 15.4 Å². The molecule has 0 aromatic carbocycles. The normalized spacial score (nSPS) is 14.2. The first-order valence-electron chi connectivity index (χ1n) is 2.00. The molecular weight excluding hydrogens is 128 g/mol. The summed E-state index contributed by atoms with van der Waals surface area (Å²) in [5.41, 5.74) is 2.10. The van der Waals surface area contributed by atoms with Gasteiger partial charge in [0.05, 0.1) is 0 Å². The van der Waals surface area contributed by atoms with Crippen molar-refractivity contribution in [3.8, 4) is 0 Å². The SMILES string of the molecule is C/C=N\NOS(C)=O. The molecule has 0 amide bonds. The van der Waals surface area contributed by atoms with Gasteiger partial charge in [0.2, 0.25) is 0 Å². The Bertz CT molecular complexity index is 103. The molecule has 0 saturated carbocycles. The van der Waals surface area contributed by atoms with E-state index in [1.807, 2.05) is 0 Å². The molecule has 0 spiro atoms. The lowest BCUT2D eigenvalue weighted by atomic mass is 10.9. The van der Waals surface area contributed by atoms with Crippen LogP contribution < -0.4 is 5.59 Å². The second-order valence-electron chi connectivity index (χ2n) is 0.963. The van der Waals surface area contributed by atoms with Crippen molar-refractivity contribution in [2.75, 3.05) is 6.26 Å². The molecule has 1 unspecified atom stereocenters. The minimum Gasteiger partial charge on any atom is -0.228 e. The zero-order valence-corrected chi connectivity index (χ0v) is 5.57. The van der Waals surface area contributed by atoms with Crippen LogP contribution in [0.5, 0.6) is 0 Å². The van der Waals surface area contributed by atoms with Crippen molar-refractivity contribution in [3.05, 3.63) is 0 Å². The third-order valence-electron chi connectivity index (χ3n) is 0.336. The van der Waals surface area contributed by atoms with Crippen LogP contribution in [0.25, 0.3) is 0 Å². The lowest BCUT2D eigenvalue weighted by Crippen LogP contribution is -2.07. The number of nitrogens with one attached hydrogen (secondary N) is 1. The zero-order chi connectivity index (χ0) is 6.41. The van der Waals surface area contributed by atoms with E-state index >= 15 is 0 Å². The van der Waals surface area contributed by atoms with Crippen LogP contribution in [0.4, 0.5) is 0 Å². The second-order valence-corrected chi connectivity index (χ2v) is 1.93. The molecule has 0 aromatic rings. The number of hydrogen-bond donors (Lipinski definition) is 1. The minimum absolute atomic E-state index is 1.29. The van der Waals surface area contributed by atoms with Crippen LogP contribution >= 0.6 is 0 Å². The molecule has 0 rings (SSSR count). The molecule has 0 saturated heterocycles. The van der Waals surface area contributed by atoms with E-state index in [9.17, 15) is 4.21 Å². The predicted molar refractivity (Wildman–Crippen MR) is 32.5 cm³/mol. The molecule has 1 N–H and O–H groups in total. The highest BCUT2D eigenvalue weighted by Crippen LogP contribution is 1.69. The highest BCUT2D eigenvalue weighted by atomic mass is 32.2. The van der Waals surface area contributed by atoms with E-state index in [-0.39, 0.29) is 0 Å². The van der Waals surface area contributed by atoms with Crippen molar-refractivity contribution in [2.24, 2.45) is 5.10 Å². The maximum atomic E-state index is 10.1. The number of rotatable bonds is 3. The van der Waals surface area contributed by atoms with Gasteiger partial charge in [-0.15, -0.1) is 0 Å². The summed E-state index contributed by atoms with van der Waals surface area (Å²) in [6.45, 7) is 1.72. The molecule has 1 atom stereocenters. The van der Waals surface area contributed by atoms with Gasteiger partial charge >= 0.3 is 0 Å². The van der Waals surface area contributed by atoms with E-state index in [0.29, 0.717) is 0 Å². The summed E-state index contributed by atoms with van der Waals surface area (Å²) >= 11 is -1.29. The van der Waals surface area contributed by atoms with Gasteiger partial charge < -0.3 is 0 Å². The van der Waals surface area contributed by atoms with E-state index in [2.05, 4.69) is 15.0 Å². The standard InChI is InChI=1S/C3H8N2O2S/c1-3-4-5-7-8(2)6/h3,5H,1-2H3/b4-3-. The first kappa shape index (κ1) is 7.58. The Kier molecular flexibility index (Phi) is 4.48. The lowest BCUT2D eigenvalue weighted by Gasteiger charge is -1.91. The van der Waals surface area contributed by atoms with E-state index in [1.54, 1.807) is 6.92 Å². The van der Waals surface area contributed by atoms with E-state index < -0.39 is 11.1 Å². The first-order chi connectivity index (χ1) is 3.77. The van der Waals surface area contributed by atoms with Crippen LogP contribution in [-0.4, -0.2) is 16.7 Å². The van der Waals surface area contributed by atoms with Crippen LogP contribution in [0.3, 0.4) is 0 Å². The summed E-state index contributed by atoms with van der Waals surface area (Å²) in [5, 5.41) is 3.42. The lowest BCUT2D eigenvalue weighted by molar-refractivity contribution is 0.231. The summed E-state index contributed by atoms with van der Waals surface area (Å²) in [7, 11) is 0. The van der Waals surface area contributed by atoms with Gasteiger partial charge in [-0.3, -0.25) is 0 Å². The number of hydrogen-bond acceptors (Lipinski definition) is 4. The fourth-order valence-electron chi connectivity index (χ4n) is 0.127. The van der Waals surface area contributed by atoms with Gasteiger partial charge in [-0.25, -0.2) is 4.21 Å². The van der Waals surface area contributed by atoms with Crippen LogP contribution in [0, 0.1) is 0 Å². The molecular formula is C3H8N2O2S. The summed E-state index contributed by atoms with van der Waals surface area (Å²) in [5.74, 6) is 0. The summed E-state index contributed by atoms with van der Waals surface area (Å²) in [6, 6.07) is 0. The largest absolute Gasteiger partial charge is 0.228 e. The Hall–Kier alpha value is -0.420. The summed E-state index contributed by atoms with van der Waals surface area (Å²) < 4.78 is 14.4. The molecule has 0 fully saturated rings. The average Bonchev–Trinajstić information content (AvgIpc) is 1.66. The third kappa shape index (κ3) is 5.58. The molecule has 48 valence electrons. The molecule has 5 heteroatoms. The Morgan fingerprint density at radius 3 is 2.88 bits per heavy atom. The van der Waals surface area contributed by atoms with Gasteiger partial charge in [0, 0.05) is 12.5 Å². The van der Waals surface area contributed by atoms with E-state index in [0.717, 1.165) is 0 Å². The smallest absolute Gasteiger partial charge is 0.178 e. The average molecular weight is 136 g/mol. The van der Waals surface area contributed by atoms with Crippen molar-refractivity contribution in [2.45, 2.75) is 6.92 Å². The second kappa shape index (κ2) is 4.73. The van der Waals surface area contributed by atoms with Crippen molar-refractivity contribution < 1.29 is 8.49 Å². The molecule has 0 bridgehead atoms. The summed E-state index contributed by atoms with van der Waals surface area (Å²) in [6.07, 6.45) is 2.89. The number of hydrazone groups is 1. The van der Waals surface area contributed by atoms with Crippen molar-refractivity contribution >= 4 is 17.3 Å². The topological polar surface area (TPSA) is 50.7 Å². The van der Waals surface area contributed by atoms with Gasteiger partial charge in [-0.05, 0) is 6.92 Å². The number of nitrogens with zero attached hydrogens (tertiary/aromatic N) is 1. The van der Waals surface area contributed by atoms with Crippen LogP contribution in [0.15, 0.2) is 5.10 Å². The molecule has 0 aliphatic carbocycles. The van der Waals surface area contributed by atoms with Crippen molar-refractivity contribution in [1.82, 2.24) is 5.59 Å². The van der Waals surface area contributed by atoms with Gasteiger partial charge in [-0.2, -0.15) is 15.0 Å². The van der Waals surface area contributed by atoms with E-state index in [1.165, 1.54) is 12.5 Å². The molecule has 4 nitrogen and oxygen atoms in total. The fraction of sp³-hybridized carbons (Fsp3) is 0.667. The van der Waals surface area contributed by atoms with Gasteiger partial charge in [0.1, 0.15) is 0 Å². The first-order valence-corrected chi connectivity index (χ1v) is 3.49. The third-order valence-corrected chi connectivity index (χ3v) is 0.646. The Balaban J connectivity index is 3.05. The molecule has 0 aromatic heterocycles. The van der Waals surface area contributed by atoms with Crippen molar-refractivity contribution in [1.29, 1.82) is 0 Å². The molecule has 0 radical (unpaired) electrons. The fourth-order valence-corrected chi connectivity index (χ4v) is 0.275. The Labute approximate surface area is 50.5 Å². The molecule has 8 heavy (non-hydrogen) atoms. The highest BCUT2D eigenvalue weighted by molar-refractivity contribution is 7.79. The van der Waals surface area contributed by atoms with Gasteiger partial charge in [0.15, 0.2) is 11.1 Å². The molecule has 0 aliphatic heterocycles. The van der Waals surface area contributed by atoms with Crippen LogP contribution in [0.2, 0.25) is 0 Å². The van der Waals surface area contributed by atoms with Crippen molar-refractivity contribution in [3.63, 3.8) is 0 Å². The van der Waals surface area contributed by atoms with Gasteiger partial charge in [0.25, 0.3) is 0 Å². The maximum absolute atomic E-state index is 10.1. The quantitative estimate of drug-likeness (QED) is 0.432. The van der Waals surface area contributed by atoms with Gasteiger partial charge in [-0.1, -0.05) is 0 Å². The maximum Gasteiger partial charge on any atom is 0.178 e. The minimum atomic E-state index is -1.29. The highest BCUT2D eigenvalue weighted by Gasteiger charge is 1.81. The molecule has 0 aliphatic rings. The molecule has 0 heterocycles. The Morgan fingerprint density at radius 1 is 1.88 bits per heavy atom. The monoisotopic (exact) mass is 136 g/mol. The van der Waals surface area contributed by atoms with E-state index in [4.69, 9.17) is 0 Å². The predicted octanol–water partition coefficient (Wildman–Crippen LogP) is -0.193. The summed E-state index contributed by atoms with van der Waals surface area (Å²) in [4.78, 5) is 0. The Morgan fingerprint density at radius 2 is 2.50 bits per heavy atom.